The number of ether oxygens (including phenoxy) is 3. The average Bonchev–Trinajstić information content (AvgIpc) is 3.21. The lowest BCUT2D eigenvalue weighted by molar-refractivity contribution is 0.304. The van der Waals surface area contributed by atoms with Gasteiger partial charge in [0.1, 0.15) is 23.8 Å². The zero-order valence-corrected chi connectivity index (χ0v) is 15.8. The van der Waals surface area contributed by atoms with Crippen LogP contribution >= 0.6 is 0 Å². The Morgan fingerprint density at radius 3 is 2.41 bits per heavy atom. The highest BCUT2D eigenvalue weighted by atomic mass is 16.5. The van der Waals surface area contributed by atoms with E-state index in [1.165, 1.54) is 0 Å². The first kappa shape index (κ1) is 18.4. The van der Waals surface area contributed by atoms with Crippen molar-refractivity contribution in [2.24, 2.45) is 0 Å². The molecule has 0 saturated heterocycles. The van der Waals surface area contributed by atoms with E-state index in [9.17, 15) is 5.11 Å². The number of nitrogens with one attached hydrogen (secondary N) is 1. The molecule has 0 saturated carbocycles. The van der Waals surface area contributed by atoms with E-state index >= 15 is 0 Å². The first-order chi connectivity index (χ1) is 14.2. The van der Waals surface area contributed by atoms with Crippen LogP contribution in [-0.2, 0) is 6.61 Å². The van der Waals surface area contributed by atoms with Gasteiger partial charge in [0.25, 0.3) is 0 Å². The molecular formula is C23H20N2O4. The minimum Gasteiger partial charge on any atom is -0.507 e. The number of H-pyrrole nitrogens is 1. The molecule has 4 aromatic rings. The second-order valence-corrected chi connectivity index (χ2v) is 6.32. The lowest BCUT2D eigenvalue weighted by Gasteiger charge is -2.12. The van der Waals surface area contributed by atoms with Crippen LogP contribution in [0.5, 0.6) is 28.7 Å². The highest BCUT2D eigenvalue weighted by molar-refractivity contribution is 5.73. The molecule has 29 heavy (non-hydrogen) atoms. The van der Waals surface area contributed by atoms with Crippen molar-refractivity contribution in [2.75, 3.05) is 7.11 Å². The Hall–Kier alpha value is -3.93. The summed E-state index contributed by atoms with van der Waals surface area (Å²) in [6, 6.07) is 22.3. The van der Waals surface area contributed by atoms with E-state index in [0.717, 1.165) is 5.56 Å². The number of phenols is 1. The Morgan fingerprint density at radius 1 is 0.897 bits per heavy atom. The number of nitrogens with zero attached hydrogens (tertiary/aromatic N) is 1. The van der Waals surface area contributed by atoms with Crippen molar-refractivity contribution in [3.05, 3.63) is 84.6 Å². The number of hydrogen-bond acceptors (Lipinski definition) is 5. The third-order valence-corrected chi connectivity index (χ3v) is 4.38. The number of aromatic amines is 1. The van der Waals surface area contributed by atoms with Gasteiger partial charge in [0.15, 0.2) is 17.2 Å². The molecule has 0 fully saturated rings. The molecule has 1 aromatic heterocycles. The van der Waals surface area contributed by atoms with Gasteiger partial charge in [-0.15, -0.1) is 0 Å². The molecule has 6 heteroatoms. The third kappa shape index (κ3) is 4.16. The maximum atomic E-state index is 10.5. The van der Waals surface area contributed by atoms with Crippen LogP contribution in [0.3, 0.4) is 0 Å². The van der Waals surface area contributed by atoms with Crippen molar-refractivity contribution in [3.63, 3.8) is 0 Å². The van der Waals surface area contributed by atoms with Gasteiger partial charge in [-0.25, -0.2) is 0 Å². The summed E-state index contributed by atoms with van der Waals surface area (Å²) in [5.74, 6) is 2.27. The molecule has 1 heterocycles. The molecule has 0 spiro atoms. The minimum absolute atomic E-state index is 0.0599. The van der Waals surface area contributed by atoms with Crippen LogP contribution in [0.4, 0.5) is 0 Å². The summed E-state index contributed by atoms with van der Waals surface area (Å²) in [6.07, 6.45) is 1.56. The summed E-state index contributed by atoms with van der Waals surface area (Å²) in [6.45, 7) is 0.422. The van der Waals surface area contributed by atoms with Crippen molar-refractivity contribution in [2.45, 2.75) is 6.61 Å². The molecule has 0 aliphatic heterocycles. The molecule has 6 nitrogen and oxygen atoms in total. The normalized spacial score (nSPS) is 10.5. The molecular weight excluding hydrogens is 368 g/mol. The molecule has 0 aliphatic carbocycles. The van der Waals surface area contributed by atoms with Gasteiger partial charge in [-0.2, -0.15) is 5.10 Å². The minimum atomic E-state index is 0.0599. The van der Waals surface area contributed by atoms with Crippen LogP contribution < -0.4 is 14.2 Å². The zero-order valence-electron chi connectivity index (χ0n) is 15.8. The Kier molecular flexibility index (Phi) is 5.33. The summed E-state index contributed by atoms with van der Waals surface area (Å²) >= 11 is 0. The molecule has 0 radical (unpaired) electrons. The van der Waals surface area contributed by atoms with E-state index in [0.29, 0.717) is 40.9 Å². The Morgan fingerprint density at radius 2 is 1.66 bits per heavy atom. The van der Waals surface area contributed by atoms with Crippen LogP contribution in [-0.4, -0.2) is 22.4 Å². The van der Waals surface area contributed by atoms with Gasteiger partial charge in [0, 0.05) is 11.6 Å². The fourth-order valence-corrected chi connectivity index (χ4v) is 2.92. The highest BCUT2D eigenvalue weighted by Gasteiger charge is 2.16. The van der Waals surface area contributed by atoms with Crippen molar-refractivity contribution >= 4 is 0 Å². The summed E-state index contributed by atoms with van der Waals surface area (Å²) < 4.78 is 17.0. The Labute approximate surface area is 168 Å². The summed E-state index contributed by atoms with van der Waals surface area (Å²) in [7, 11) is 1.58. The summed E-state index contributed by atoms with van der Waals surface area (Å²) in [5, 5.41) is 17.5. The quantitative estimate of drug-likeness (QED) is 0.457. The second-order valence-electron chi connectivity index (χ2n) is 6.32. The fraction of sp³-hybridized carbons (Fsp3) is 0.0870. The van der Waals surface area contributed by atoms with Crippen molar-refractivity contribution in [1.29, 1.82) is 0 Å². The lowest BCUT2D eigenvalue weighted by atomic mass is 10.1. The maximum Gasteiger partial charge on any atom is 0.173 e. The number of rotatable bonds is 7. The van der Waals surface area contributed by atoms with Crippen LogP contribution in [0.25, 0.3) is 11.3 Å². The van der Waals surface area contributed by atoms with Crippen molar-refractivity contribution < 1.29 is 19.3 Å². The Balaban J connectivity index is 1.54. The third-order valence-electron chi connectivity index (χ3n) is 4.38. The first-order valence-electron chi connectivity index (χ1n) is 9.09. The van der Waals surface area contributed by atoms with E-state index < -0.39 is 0 Å². The number of phenolic OH excluding ortho intramolecular Hbond substituents is 1. The zero-order chi connectivity index (χ0) is 20.1. The average molecular weight is 388 g/mol. The lowest BCUT2D eigenvalue weighted by Crippen LogP contribution is -1.95. The van der Waals surface area contributed by atoms with Crippen molar-refractivity contribution in [1.82, 2.24) is 10.2 Å². The second kappa shape index (κ2) is 8.39. The molecule has 2 N–H and O–H groups in total. The monoisotopic (exact) mass is 388 g/mol. The van der Waals surface area contributed by atoms with Gasteiger partial charge in [-0.05, 0) is 29.8 Å². The van der Waals surface area contributed by atoms with Crippen LogP contribution in [0.15, 0.2) is 79.0 Å². The van der Waals surface area contributed by atoms with E-state index in [1.807, 2.05) is 48.5 Å². The molecule has 0 amide bonds. The maximum absolute atomic E-state index is 10.5. The standard InChI is InChI=1S/C23H20N2O4/c1-27-20-9-5-6-10-21(20)29-22-14-24-25-23(22)18-12-11-17(13-19(18)26)28-15-16-7-3-2-4-8-16/h2-14,26H,15H2,1H3,(H,24,25). The number of aromatic hydroxyl groups is 1. The highest BCUT2D eigenvalue weighted by Crippen LogP contribution is 2.39. The van der Waals surface area contributed by atoms with Gasteiger partial charge in [0.2, 0.25) is 0 Å². The molecule has 0 atom stereocenters. The largest absolute Gasteiger partial charge is 0.507 e. The number of methoxy groups -OCH3 is 1. The predicted octanol–water partition coefficient (Wildman–Crippen LogP) is 5.16. The van der Waals surface area contributed by atoms with Crippen molar-refractivity contribution in [3.8, 4) is 40.0 Å². The van der Waals surface area contributed by atoms with Crippen LogP contribution in [0.1, 0.15) is 5.56 Å². The summed E-state index contributed by atoms with van der Waals surface area (Å²) in [4.78, 5) is 0. The van der Waals surface area contributed by atoms with Gasteiger partial charge in [-0.3, -0.25) is 5.10 Å². The number of para-hydroxylation sites is 2. The fourth-order valence-electron chi connectivity index (χ4n) is 2.92. The van der Waals surface area contributed by atoms with Gasteiger partial charge in [-0.1, -0.05) is 42.5 Å². The molecule has 3 aromatic carbocycles. The van der Waals surface area contributed by atoms with Crippen LogP contribution in [0, 0.1) is 0 Å². The molecule has 0 bridgehead atoms. The van der Waals surface area contributed by atoms with Gasteiger partial charge in [0.05, 0.1) is 13.3 Å². The molecule has 146 valence electrons. The topological polar surface area (TPSA) is 76.6 Å². The van der Waals surface area contributed by atoms with Gasteiger partial charge < -0.3 is 19.3 Å². The van der Waals surface area contributed by atoms with Crippen LogP contribution in [0.2, 0.25) is 0 Å². The SMILES string of the molecule is COc1ccccc1Oc1cn[nH]c1-c1ccc(OCc2ccccc2)cc1O. The molecule has 0 aliphatic rings. The van der Waals surface area contributed by atoms with E-state index in [-0.39, 0.29) is 5.75 Å². The molecule has 4 rings (SSSR count). The number of hydrogen-bond donors (Lipinski definition) is 2. The van der Waals surface area contributed by atoms with Gasteiger partial charge >= 0.3 is 0 Å². The predicted molar refractivity (Wildman–Crippen MR) is 110 cm³/mol. The van der Waals surface area contributed by atoms with E-state index in [4.69, 9.17) is 14.2 Å². The smallest absolute Gasteiger partial charge is 0.173 e. The Bertz CT molecular complexity index is 1090. The first-order valence-corrected chi connectivity index (χ1v) is 9.09. The van der Waals surface area contributed by atoms with E-state index in [1.54, 1.807) is 37.6 Å². The molecule has 0 unspecified atom stereocenters. The van der Waals surface area contributed by atoms with E-state index in [2.05, 4.69) is 10.2 Å². The number of benzene rings is 3. The number of aromatic nitrogens is 2. The summed E-state index contributed by atoms with van der Waals surface area (Å²) in [5.41, 5.74) is 2.17.